The number of imidazole rings is 1. The summed E-state index contributed by atoms with van der Waals surface area (Å²) < 4.78 is 5.64. The smallest absolute Gasteiger partial charge is 0.122 e. The lowest BCUT2D eigenvalue weighted by atomic mass is 9.96. The Labute approximate surface area is 105 Å². The number of hydrogen-bond donors (Lipinski definition) is 1. The molecule has 2 atom stereocenters. The molecule has 3 nitrogen and oxygen atoms in total. The molecule has 0 saturated heterocycles. The van der Waals surface area contributed by atoms with E-state index in [1.54, 1.807) is 6.20 Å². The zero-order valence-electron chi connectivity index (χ0n) is 9.27. The number of rotatable bonds is 3. The Morgan fingerprint density at radius 2 is 2.35 bits per heavy atom. The van der Waals surface area contributed by atoms with E-state index in [-0.39, 0.29) is 11.3 Å². The first kappa shape index (κ1) is 10.7. The molecular formula is C13H13ClN2O. The number of hydrogen-bond acceptors (Lipinski definition) is 2. The molecular weight excluding hydrogens is 236 g/mol. The minimum atomic E-state index is 0.00444. The molecule has 1 aliphatic heterocycles. The van der Waals surface area contributed by atoms with Crippen LogP contribution in [-0.4, -0.2) is 22.0 Å². The monoisotopic (exact) mass is 248 g/mol. The Balaban J connectivity index is 1.78. The van der Waals surface area contributed by atoms with Gasteiger partial charge in [-0.2, -0.15) is 0 Å². The largest absolute Gasteiger partial charge is 0.493 e. The van der Waals surface area contributed by atoms with E-state index in [4.69, 9.17) is 16.3 Å². The number of aromatic nitrogens is 2. The third-order valence-corrected chi connectivity index (χ3v) is 3.58. The quantitative estimate of drug-likeness (QED) is 0.849. The summed E-state index contributed by atoms with van der Waals surface area (Å²) in [4.78, 5) is 7.28. The molecule has 0 amide bonds. The van der Waals surface area contributed by atoms with Gasteiger partial charge in [-0.15, -0.1) is 11.6 Å². The van der Waals surface area contributed by atoms with Gasteiger partial charge < -0.3 is 9.72 Å². The summed E-state index contributed by atoms with van der Waals surface area (Å²) in [5.74, 6) is 2.13. The van der Waals surface area contributed by atoms with Gasteiger partial charge in [0.25, 0.3) is 0 Å². The Kier molecular flexibility index (Phi) is 2.77. The zero-order valence-corrected chi connectivity index (χ0v) is 10.0. The van der Waals surface area contributed by atoms with E-state index in [1.165, 1.54) is 5.56 Å². The molecule has 2 aromatic rings. The number of H-pyrrole nitrogens is 1. The van der Waals surface area contributed by atoms with Crippen LogP contribution in [0.25, 0.3) is 0 Å². The number of fused-ring (bicyclic) bond motifs is 1. The molecule has 0 bridgehead atoms. The Morgan fingerprint density at radius 3 is 3.18 bits per heavy atom. The van der Waals surface area contributed by atoms with Crippen molar-refractivity contribution >= 4 is 11.6 Å². The van der Waals surface area contributed by atoms with Crippen LogP contribution in [0.2, 0.25) is 0 Å². The molecule has 1 aromatic carbocycles. The maximum Gasteiger partial charge on any atom is 0.122 e. The van der Waals surface area contributed by atoms with E-state index in [2.05, 4.69) is 16.0 Å². The molecule has 3 rings (SSSR count). The maximum atomic E-state index is 6.47. The van der Waals surface area contributed by atoms with Crippen molar-refractivity contribution < 1.29 is 4.74 Å². The Bertz CT molecular complexity index is 498. The normalized spacial score (nSPS) is 19.7. The zero-order chi connectivity index (χ0) is 11.7. The SMILES string of the molecule is ClC(Cc1ncc[nH]1)C1COc2ccccc21. The molecule has 1 aliphatic rings. The van der Waals surface area contributed by atoms with Crippen LogP contribution >= 0.6 is 11.6 Å². The van der Waals surface area contributed by atoms with Gasteiger partial charge in [-0.25, -0.2) is 4.98 Å². The molecule has 17 heavy (non-hydrogen) atoms. The standard InChI is InChI=1S/C13H13ClN2O/c14-11(7-13-15-5-6-16-13)10-8-17-12-4-2-1-3-9(10)12/h1-6,10-11H,7-8H2,(H,15,16). The number of nitrogens with one attached hydrogen (secondary N) is 1. The van der Waals surface area contributed by atoms with Crippen molar-refractivity contribution in [3.63, 3.8) is 0 Å². The van der Waals surface area contributed by atoms with Crippen molar-refractivity contribution in [1.82, 2.24) is 9.97 Å². The van der Waals surface area contributed by atoms with Crippen LogP contribution in [0.3, 0.4) is 0 Å². The highest BCUT2D eigenvalue weighted by Crippen LogP contribution is 2.38. The van der Waals surface area contributed by atoms with Gasteiger partial charge in [0, 0.05) is 30.3 Å². The first-order valence-corrected chi connectivity index (χ1v) is 6.12. The summed E-state index contributed by atoms with van der Waals surface area (Å²) in [5.41, 5.74) is 1.21. The predicted octanol–water partition coefficient (Wildman–Crippen LogP) is 2.74. The number of benzene rings is 1. The third kappa shape index (κ3) is 2.03. The molecule has 1 N–H and O–H groups in total. The average Bonchev–Trinajstić information content (AvgIpc) is 2.96. The average molecular weight is 249 g/mol. The second kappa shape index (κ2) is 4.41. The molecule has 0 fully saturated rings. The number of para-hydroxylation sites is 1. The molecule has 0 spiro atoms. The van der Waals surface area contributed by atoms with Crippen LogP contribution < -0.4 is 4.74 Å². The number of ether oxygens (including phenoxy) is 1. The van der Waals surface area contributed by atoms with Crippen molar-refractivity contribution in [1.29, 1.82) is 0 Å². The van der Waals surface area contributed by atoms with Crippen LogP contribution in [0.15, 0.2) is 36.7 Å². The highest BCUT2D eigenvalue weighted by molar-refractivity contribution is 6.21. The van der Waals surface area contributed by atoms with Crippen LogP contribution in [0.5, 0.6) is 5.75 Å². The van der Waals surface area contributed by atoms with Crippen LogP contribution in [0.1, 0.15) is 17.3 Å². The van der Waals surface area contributed by atoms with Crippen molar-refractivity contribution in [3.05, 3.63) is 48.0 Å². The van der Waals surface area contributed by atoms with Crippen LogP contribution in [0.4, 0.5) is 0 Å². The van der Waals surface area contributed by atoms with Gasteiger partial charge in [-0.3, -0.25) is 0 Å². The van der Waals surface area contributed by atoms with Crippen LogP contribution in [-0.2, 0) is 6.42 Å². The molecule has 0 saturated carbocycles. The van der Waals surface area contributed by atoms with Crippen molar-refractivity contribution in [3.8, 4) is 5.75 Å². The van der Waals surface area contributed by atoms with Crippen LogP contribution in [0, 0.1) is 0 Å². The molecule has 88 valence electrons. The summed E-state index contributed by atoms with van der Waals surface area (Å²) in [5, 5.41) is 0.00444. The fraction of sp³-hybridized carbons (Fsp3) is 0.308. The first-order valence-electron chi connectivity index (χ1n) is 5.68. The van der Waals surface area contributed by atoms with E-state index in [9.17, 15) is 0 Å². The predicted molar refractivity (Wildman–Crippen MR) is 66.6 cm³/mol. The van der Waals surface area contributed by atoms with Gasteiger partial charge in [0.15, 0.2) is 0 Å². The number of halogens is 1. The van der Waals surface area contributed by atoms with Gasteiger partial charge in [0.2, 0.25) is 0 Å². The number of aromatic amines is 1. The molecule has 2 heterocycles. The molecule has 1 aromatic heterocycles. The lowest BCUT2D eigenvalue weighted by Gasteiger charge is -2.14. The van der Waals surface area contributed by atoms with Gasteiger partial charge in [0.05, 0.1) is 12.0 Å². The highest BCUT2D eigenvalue weighted by atomic mass is 35.5. The lowest BCUT2D eigenvalue weighted by molar-refractivity contribution is 0.326. The number of nitrogens with zero attached hydrogens (tertiary/aromatic N) is 1. The van der Waals surface area contributed by atoms with Crippen molar-refractivity contribution in [2.45, 2.75) is 17.7 Å². The fourth-order valence-corrected chi connectivity index (χ4v) is 2.58. The fourth-order valence-electron chi connectivity index (χ4n) is 2.22. The minimum absolute atomic E-state index is 0.00444. The minimum Gasteiger partial charge on any atom is -0.493 e. The Hall–Kier alpha value is -1.48. The Morgan fingerprint density at radius 1 is 1.47 bits per heavy atom. The van der Waals surface area contributed by atoms with Crippen molar-refractivity contribution in [2.75, 3.05) is 6.61 Å². The van der Waals surface area contributed by atoms with E-state index >= 15 is 0 Å². The summed E-state index contributed by atoms with van der Waals surface area (Å²) in [7, 11) is 0. The molecule has 2 unspecified atom stereocenters. The van der Waals surface area contributed by atoms with Gasteiger partial charge in [0.1, 0.15) is 11.6 Å². The first-order chi connectivity index (χ1) is 8.34. The van der Waals surface area contributed by atoms with Gasteiger partial charge in [-0.1, -0.05) is 18.2 Å². The number of alkyl halides is 1. The highest BCUT2D eigenvalue weighted by Gasteiger charge is 2.30. The third-order valence-electron chi connectivity index (χ3n) is 3.12. The lowest BCUT2D eigenvalue weighted by Crippen LogP contribution is -2.17. The van der Waals surface area contributed by atoms with E-state index in [1.807, 2.05) is 24.4 Å². The van der Waals surface area contributed by atoms with E-state index in [0.717, 1.165) is 18.0 Å². The summed E-state index contributed by atoms with van der Waals surface area (Å²) in [6, 6.07) is 8.09. The summed E-state index contributed by atoms with van der Waals surface area (Å²) >= 11 is 6.47. The molecule has 4 heteroatoms. The van der Waals surface area contributed by atoms with Gasteiger partial charge >= 0.3 is 0 Å². The van der Waals surface area contributed by atoms with E-state index < -0.39 is 0 Å². The second-order valence-electron chi connectivity index (χ2n) is 4.21. The summed E-state index contributed by atoms with van der Waals surface area (Å²) in [6.45, 7) is 0.661. The second-order valence-corrected chi connectivity index (χ2v) is 4.77. The maximum absolute atomic E-state index is 6.47. The molecule has 0 aliphatic carbocycles. The van der Waals surface area contributed by atoms with Crippen molar-refractivity contribution in [2.24, 2.45) is 0 Å². The topological polar surface area (TPSA) is 37.9 Å². The van der Waals surface area contributed by atoms with Gasteiger partial charge in [-0.05, 0) is 6.07 Å². The summed E-state index contributed by atoms with van der Waals surface area (Å²) in [6.07, 6.45) is 4.30. The molecule has 0 radical (unpaired) electrons. The van der Waals surface area contributed by atoms with E-state index in [0.29, 0.717) is 6.61 Å².